The molecule has 120 valence electrons. The van der Waals surface area contributed by atoms with Crippen molar-refractivity contribution in [3.05, 3.63) is 0 Å². The van der Waals surface area contributed by atoms with Gasteiger partial charge >= 0.3 is 5.97 Å². The van der Waals surface area contributed by atoms with E-state index in [0.717, 1.165) is 39.0 Å². The molecule has 3 fully saturated rings. The lowest BCUT2D eigenvalue weighted by Crippen LogP contribution is -2.52. The number of piperidine rings is 1. The van der Waals surface area contributed by atoms with Crippen LogP contribution in [0.5, 0.6) is 0 Å². The van der Waals surface area contributed by atoms with Gasteiger partial charge in [-0.15, -0.1) is 0 Å². The third-order valence-electron chi connectivity index (χ3n) is 5.74. The molecule has 1 spiro atoms. The smallest absolute Gasteiger partial charge is 0.309 e. The Morgan fingerprint density at radius 1 is 1.19 bits per heavy atom. The van der Waals surface area contributed by atoms with Crippen LogP contribution in [0.2, 0.25) is 0 Å². The first-order valence-electron chi connectivity index (χ1n) is 8.68. The molecule has 2 saturated heterocycles. The summed E-state index contributed by atoms with van der Waals surface area (Å²) < 4.78 is 11.1. The van der Waals surface area contributed by atoms with Crippen molar-refractivity contribution in [2.75, 3.05) is 26.8 Å². The van der Waals surface area contributed by atoms with Crippen LogP contribution in [-0.2, 0) is 14.3 Å². The maximum atomic E-state index is 11.8. The summed E-state index contributed by atoms with van der Waals surface area (Å²) in [7, 11) is 1.51. The lowest BCUT2D eigenvalue weighted by molar-refractivity contribution is -0.150. The van der Waals surface area contributed by atoms with Gasteiger partial charge in [0.15, 0.2) is 0 Å². The van der Waals surface area contributed by atoms with Crippen LogP contribution in [0, 0.1) is 5.92 Å². The summed E-state index contributed by atoms with van der Waals surface area (Å²) in [5.41, 5.74) is 0.152. The van der Waals surface area contributed by atoms with Gasteiger partial charge < -0.3 is 9.47 Å². The van der Waals surface area contributed by atoms with Gasteiger partial charge in [0.2, 0.25) is 0 Å². The van der Waals surface area contributed by atoms with Gasteiger partial charge in [-0.2, -0.15) is 0 Å². The number of esters is 1. The monoisotopic (exact) mass is 295 g/mol. The third-order valence-corrected chi connectivity index (χ3v) is 5.74. The van der Waals surface area contributed by atoms with Crippen molar-refractivity contribution < 1.29 is 14.3 Å². The highest BCUT2D eigenvalue weighted by molar-refractivity contribution is 5.72. The number of ether oxygens (including phenoxy) is 2. The molecular weight excluding hydrogens is 266 g/mol. The zero-order valence-electron chi connectivity index (χ0n) is 13.3. The number of carbonyl (C=O) groups excluding carboxylic acids is 1. The average Bonchev–Trinajstić information content (AvgIpc) is 2.55. The number of nitrogens with zero attached hydrogens (tertiary/aromatic N) is 1. The number of likely N-dealkylation sites (tertiary alicyclic amines) is 1. The first-order valence-corrected chi connectivity index (χ1v) is 8.68. The Morgan fingerprint density at radius 3 is 2.76 bits per heavy atom. The molecule has 3 rings (SSSR count). The molecule has 3 aliphatic rings. The fourth-order valence-corrected chi connectivity index (χ4v) is 4.56. The zero-order chi connectivity index (χ0) is 14.7. The summed E-state index contributed by atoms with van der Waals surface area (Å²) >= 11 is 0. The molecule has 0 amide bonds. The van der Waals surface area contributed by atoms with E-state index in [0.29, 0.717) is 6.04 Å². The van der Waals surface area contributed by atoms with Gasteiger partial charge in [0.1, 0.15) is 0 Å². The SMILES string of the molecule is COC(=O)[C@H]1CCCN(C2CCOC3(CCCCC3)C2)C1. The summed E-state index contributed by atoms with van der Waals surface area (Å²) in [6.07, 6.45) is 10.9. The first kappa shape index (κ1) is 15.3. The Bertz CT molecular complexity index is 360. The molecule has 0 aromatic heterocycles. The van der Waals surface area contributed by atoms with Crippen LogP contribution in [0.25, 0.3) is 0 Å². The van der Waals surface area contributed by atoms with E-state index in [2.05, 4.69) is 4.90 Å². The summed E-state index contributed by atoms with van der Waals surface area (Å²) in [6.45, 7) is 2.91. The molecule has 1 aliphatic carbocycles. The van der Waals surface area contributed by atoms with E-state index in [1.807, 2.05) is 0 Å². The summed E-state index contributed by atoms with van der Waals surface area (Å²) in [6, 6.07) is 0.601. The van der Waals surface area contributed by atoms with Crippen LogP contribution in [0.3, 0.4) is 0 Å². The largest absolute Gasteiger partial charge is 0.469 e. The molecule has 0 radical (unpaired) electrons. The van der Waals surface area contributed by atoms with Gasteiger partial charge in [0, 0.05) is 19.2 Å². The maximum Gasteiger partial charge on any atom is 0.309 e. The van der Waals surface area contributed by atoms with E-state index >= 15 is 0 Å². The molecular formula is C17H29NO3. The molecule has 2 heterocycles. The molecule has 2 atom stereocenters. The number of hydrogen-bond acceptors (Lipinski definition) is 4. The molecule has 1 unspecified atom stereocenters. The highest BCUT2D eigenvalue weighted by atomic mass is 16.5. The van der Waals surface area contributed by atoms with Gasteiger partial charge in [-0.1, -0.05) is 19.3 Å². The van der Waals surface area contributed by atoms with E-state index in [-0.39, 0.29) is 17.5 Å². The molecule has 4 heteroatoms. The summed E-state index contributed by atoms with van der Waals surface area (Å²) in [5, 5.41) is 0. The van der Waals surface area contributed by atoms with Gasteiger partial charge in [0.25, 0.3) is 0 Å². The Morgan fingerprint density at radius 2 is 2.00 bits per heavy atom. The van der Waals surface area contributed by atoms with Crippen molar-refractivity contribution in [1.82, 2.24) is 4.90 Å². The standard InChI is InChI=1S/C17H29NO3/c1-20-16(19)14-6-5-10-18(13-14)15-7-11-21-17(12-15)8-3-2-4-9-17/h14-15H,2-13H2,1H3/t14-,15?/m0/s1. The van der Waals surface area contributed by atoms with Crippen molar-refractivity contribution in [1.29, 1.82) is 0 Å². The fraction of sp³-hybridized carbons (Fsp3) is 0.941. The summed E-state index contributed by atoms with van der Waals surface area (Å²) in [5.74, 6) is 0.0491. The van der Waals surface area contributed by atoms with Gasteiger partial charge in [0.05, 0.1) is 18.6 Å². The van der Waals surface area contributed by atoms with Crippen LogP contribution in [0.1, 0.15) is 57.8 Å². The zero-order valence-corrected chi connectivity index (χ0v) is 13.3. The highest BCUT2D eigenvalue weighted by Gasteiger charge is 2.41. The van der Waals surface area contributed by atoms with E-state index in [9.17, 15) is 4.79 Å². The quantitative estimate of drug-likeness (QED) is 0.734. The Hall–Kier alpha value is -0.610. The predicted molar refractivity (Wildman–Crippen MR) is 81.1 cm³/mol. The van der Waals surface area contributed by atoms with Crippen molar-refractivity contribution in [2.45, 2.75) is 69.4 Å². The van der Waals surface area contributed by atoms with Crippen LogP contribution in [-0.4, -0.2) is 49.3 Å². The van der Waals surface area contributed by atoms with Crippen LogP contribution in [0.15, 0.2) is 0 Å². The third kappa shape index (κ3) is 3.42. The molecule has 2 aliphatic heterocycles. The number of hydrogen-bond donors (Lipinski definition) is 0. The summed E-state index contributed by atoms with van der Waals surface area (Å²) in [4.78, 5) is 14.4. The lowest BCUT2D eigenvalue weighted by atomic mass is 9.77. The molecule has 1 saturated carbocycles. The molecule has 0 N–H and O–H groups in total. The first-order chi connectivity index (χ1) is 10.2. The predicted octanol–water partition coefficient (Wildman–Crippen LogP) is 2.75. The lowest BCUT2D eigenvalue weighted by Gasteiger charge is -2.48. The minimum absolute atomic E-state index is 0.0286. The maximum absolute atomic E-state index is 11.8. The second-order valence-electron chi connectivity index (χ2n) is 7.10. The Balaban J connectivity index is 1.61. The Labute approximate surface area is 128 Å². The number of rotatable bonds is 2. The minimum Gasteiger partial charge on any atom is -0.469 e. The fourth-order valence-electron chi connectivity index (χ4n) is 4.56. The van der Waals surface area contributed by atoms with Gasteiger partial charge in [-0.05, 0) is 45.1 Å². The van der Waals surface area contributed by atoms with Gasteiger partial charge in [-0.25, -0.2) is 0 Å². The Kier molecular flexibility index (Phi) is 4.85. The highest BCUT2D eigenvalue weighted by Crippen LogP contribution is 2.40. The van der Waals surface area contributed by atoms with Crippen molar-refractivity contribution in [2.24, 2.45) is 5.92 Å². The molecule has 0 aromatic carbocycles. The van der Waals surface area contributed by atoms with E-state index in [1.54, 1.807) is 0 Å². The van der Waals surface area contributed by atoms with Crippen molar-refractivity contribution >= 4 is 5.97 Å². The van der Waals surface area contributed by atoms with Crippen LogP contribution in [0.4, 0.5) is 0 Å². The number of carbonyl (C=O) groups is 1. The molecule has 21 heavy (non-hydrogen) atoms. The van der Waals surface area contributed by atoms with Crippen molar-refractivity contribution in [3.63, 3.8) is 0 Å². The molecule has 0 aromatic rings. The average molecular weight is 295 g/mol. The van der Waals surface area contributed by atoms with Crippen molar-refractivity contribution in [3.8, 4) is 0 Å². The normalized spacial score (nSPS) is 33.8. The van der Waals surface area contributed by atoms with Crippen LogP contribution >= 0.6 is 0 Å². The second kappa shape index (κ2) is 6.66. The van der Waals surface area contributed by atoms with Gasteiger partial charge in [-0.3, -0.25) is 9.69 Å². The topological polar surface area (TPSA) is 38.8 Å². The number of methoxy groups -OCH3 is 1. The second-order valence-corrected chi connectivity index (χ2v) is 7.10. The van der Waals surface area contributed by atoms with E-state index in [4.69, 9.17) is 9.47 Å². The van der Waals surface area contributed by atoms with E-state index < -0.39 is 0 Å². The van der Waals surface area contributed by atoms with Crippen LogP contribution < -0.4 is 0 Å². The molecule has 4 nitrogen and oxygen atoms in total. The molecule has 0 bridgehead atoms. The van der Waals surface area contributed by atoms with E-state index in [1.165, 1.54) is 45.6 Å². The minimum atomic E-state index is -0.0286.